The van der Waals surface area contributed by atoms with E-state index in [0.29, 0.717) is 11.2 Å². The van der Waals surface area contributed by atoms with Crippen molar-refractivity contribution < 1.29 is 0 Å². The highest BCUT2D eigenvalue weighted by atomic mass is 16.1. The van der Waals surface area contributed by atoms with Gasteiger partial charge in [0.1, 0.15) is 6.33 Å². The van der Waals surface area contributed by atoms with Gasteiger partial charge in [0.25, 0.3) is 11.3 Å². The summed E-state index contributed by atoms with van der Waals surface area (Å²) in [5.41, 5.74) is 0.549. The third-order valence-electron chi connectivity index (χ3n) is 2.14. The molecule has 1 aromatic carbocycles. The molecule has 0 amide bonds. The zero-order valence-electron chi connectivity index (χ0n) is 7.14. The minimum absolute atomic E-state index is 0.243. The maximum absolute atomic E-state index is 11.5. The van der Waals surface area contributed by atoms with Gasteiger partial charge < -0.3 is 0 Å². The Kier molecular flexibility index (Phi) is 1.25. The van der Waals surface area contributed by atoms with Crippen LogP contribution >= 0.6 is 0 Å². The van der Waals surface area contributed by atoms with Crippen molar-refractivity contribution in [3.8, 4) is 0 Å². The van der Waals surface area contributed by atoms with Crippen molar-refractivity contribution in [1.29, 1.82) is 0 Å². The number of nitrogens with one attached hydrogen (secondary N) is 1. The Bertz CT molecular complexity index is 667. The zero-order valence-corrected chi connectivity index (χ0v) is 7.14. The first kappa shape index (κ1) is 7.25. The molecule has 0 saturated heterocycles. The van der Waals surface area contributed by atoms with Gasteiger partial charge in [-0.05, 0) is 12.1 Å². The van der Waals surface area contributed by atoms with Crippen molar-refractivity contribution in [2.24, 2.45) is 0 Å². The summed E-state index contributed by atoms with van der Waals surface area (Å²) in [6.45, 7) is 0. The van der Waals surface area contributed by atoms with Gasteiger partial charge in [0.15, 0.2) is 0 Å². The summed E-state index contributed by atoms with van der Waals surface area (Å²) in [4.78, 5) is 19.3. The molecular weight excluding hydrogens is 180 g/mol. The van der Waals surface area contributed by atoms with Gasteiger partial charge in [-0.1, -0.05) is 12.1 Å². The van der Waals surface area contributed by atoms with E-state index in [1.165, 1.54) is 6.33 Å². The SMILES string of the molecule is O=c1nc2nc[nH]n2c2ccccc12. The highest BCUT2D eigenvalue weighted by Gasteiger charge is 2.04. The fourth-order valence-corrected chi connectivity index (χ4v) is 1.52. The van der Waals surface area contributed by atoms with Gasteiger partial charge in [0, 0.05) is 0 Å². The lowest BCUT2D eigenvalue weighted by Gasteiger charge is -1.97. The number of H-pyrrole nitrogens is 1. The summed E-state index contributed by atoms with van der Waals surface area (Å²) in [5.74, 6) is 0.397. The second-order valence-electron chi connectivity index (χ2n) is 2.96. The van der Waals surface area contributed by atoms with Crippen LogP contribution in [0.5, 0.6) is 0 Å². The van der Waals surface area contributed by atoms with Crippen LogP contribution in [0.25, 0.3) is 16.7 Å². The van der Waals surface area contributed by atoms with Gasteiger partial charge in [0.2, 0.25) is 0 Å². The van der Waals surface area contributed by atoms with E-state index in [2.05, 4.69) is 15.1 Å². The average Bonchev–Trinajstić information content (AvgIpc) is 2.66. The molecule has 0 atom stereocenters. The van der Waals surface area contributed by atoms with Crippen molar-refractivity contribution in [3.63, 3.8) is 0 Å². The van der Waals surface area contributed by atoms with Crippen molar-refractivity contribution in [2.45, 2.75) is 0 Å². The predicted molar refractivity (Wildman–Crippen MR) is 51.1 cm³/mol. The Morgan fingerprint density at radius 3 is 3.07 bits per heavy atom. The molecule has 3 aromatic rings. The van der Waals surface area contributed by atoms with Crippen LogP contribution in [0.3, 0.4) is 0 Å². The number of hydrogen-bond acceptors (Lipinski definition) is 3. The Balaban J connectivity index is 2.74. The molecule has 14 heavy (non-hydrogen) atoms. The molecule has 0 saturated carbocycles. The summed E-state index contributed by atoms with van der Waals surface area (Å²) in [7, 11) is 0. The Morgan fingerprint density at radius 2 is 2.14 bits per heavy atom. The first-order valence-corrected chi connectivity index (χ1v) is 4.17. The monoisotopic (exact) mass is 186 g/mol. The fourth-order valence-electron chi connectivity index (χ4n) is 1.52. The van der Waals surface area contributed by atoms with Gasteiger partial charge in [-0.25, -0.2) is 9.50 Å². The largest absolute Gasteiger partial charge is 0.282 e. The molecule has 3 rings (SSSR count). The van der Waals surface area contributed by atoms with E-state index >= 15 is 0 Å². The van der Waals surface area contributed by atoms with Gasteiger partial charge in [0.05, 0.1) is 10.9 Å². The standard InChI is InChI=1S/C9H6N4O/c14-8-6-3-1-2-4-7(6)13-9(12-8)10-5-11-13/h1-5H,(H,10,11,12,14). The molecule has 5 heteroatoms. The average molecular weight is 186 g/mol. The molecule has 0 radical (unpaired) electrons. The number of nitrogens with zero attached hydrogens (tertiary/aromatic N) is 3. The van der Waals surface area contributed by atoms with Crippen LogP contribution in [0.2, 0.25) is 0 Å². The number of aromatic amines is 1. The number of benzene rings is 1. The van der Waals surface area contributed by atoms with E-state index < -0.39 is 0 Å². The summed E-state index contributed by atoms with van der Waals surface area (Å²) in [6.07, 6.45) is 1.51. The molecule has 2 heterocycles. The third kappa shape index (κ3) is 0.806. The van der Waals surface area contributed by atoms with Gasteiger partial charge in [-0.15, -0.1) is 0 Å². The van der Waals surface area contributed by atoms with E-state index in [9.17, 15) is 4.79 Å². The van der Waals surface area contributed by atoms with E-state index in [1.54, 1.807) is 10.6 Å². The van der Waals surface area contributed by atoms with Crippen LogP contribution in [-0.4, -0.2) is 19.6 Å². The maximum Gasteiger partial charge on any atom is 0.282 e. The quantitative estimate of drug-likeness (QED) is 0.558. The molecule has 0 spiro atoms. The smallest absolute Gasteiger partial charge is 0.280 e. The molecular formula is C9H6N4O. The van der Waals surface area contributed by atoms with Crippen molar-refractivity contribution in [1.82, 2.24) is 19.6 Å². The van der Waals surface area contributed by atoms with Crippen LogP contribution in [0.1, 0.15) is 0 Å². The van der Waals surface area contributed by atoms with Crippen LogP contribution in [0, 0.1) is 0 Å². The second-order valence-corrected chi connectivity index (χ2v) is 2.96. The van der Waals surface area contributed by atoms with Crippen molar-refractivity contribution in [3.05, 3.63) is 40.9 Å². The normalized spacial score (nSPS) is 11.1. The molecule has 0 aliphatic carbocycles. The number of para-hydroxylation sites is 1. The fraction of sp³-hybridized carbons (Fsp3) is 0. The molecule has 68 valence electrons. The molecule has 0 aliphatic rings. The number of fused-ring (bicyclic) bond motifs is 3. The minimum Gasteiger partial charge on any atom is -0.280 e. The lowest BCUT2D eigenvalue weighted by Crippen LogP contribution is -2.10. The van der Waals surface area contributed by atoms with E-state index in [-0.39, 0.29) is 5.56 Å². The molecule has 0 aliphatic heterocycles. The van der Waals surface area contributed by atoms with Crippen LogP contribution < -0.4 is 5.56 Å². The number of rotatable bonds is 0. The lowest BCUT2D eigenvalue weighted by molar-refractivity contribution is 0.977. The highest BCUT2D eigenvalue weighted by molar-refractivity contribution is 5.79. The molecule has 0 unspecified atom stereocenters. The Morgan fingerprint density at radius 1 is 1.29 bits per heavy atom. The molecule has 0 bridgehead atoms. The third-order valence-corrected chi connectivity index (χ3v) is 2.14. The summed E-state index contributed by atoms with van der Waals surface area (Å²) in [5, 5.41) is 3.49. The van der Waals surface area contributed by atoms with Gasteiger partial charge in [-0.3, -0.25) is 9.89 Å². The number of hydrogen-bond donors (Lipinski definition) is 1. The lowest BCUT2D eigenvalue weighted by atomic mass is 10.2. The number of aromatic nitrogens is 4. The summed E-state index contributed by atoms with van der Waals surface area (Å²) < 4.78 is 1.68. The van der Waals surface area contributed by atoms with Crippen LogP contribution in [0.4, 0.5) is 0 Å². The summed E-state index contributed by atoms with van der Waals surface area (Å²) >= 11 is 0. The topological polar surface area (TPSA) is 63.0 Å². The van der Waals surface area contributed by atoms with E-state index in [1.807, 2.05) is 18.2 Å². The first-order valence-electron chi connectivity index (χ1n) is 4.17. The van der Waals surface area contributed by atoms with E-state index in [4.69, 9.17) is 0 Å². The Labute approximate surface area is 78.0 Å². The van der Waals surface area contributed by atoms with Gasteiger partial charge in [-0.2, -0.15) is 4.98 Å². The summed E-state index contributed by atoms with van der Waals surface area (Å²) in [6, 6.07) is 7.28. The van der Waals surface area contributed by atoms with Crippen LogP contribution in [-0.2, 0) is 0 Å². The molecule has 2 aromatic heterocycles. The predicted octanol–water partition coefficient (Wildman–Crippen LogP) is 0.571. The maximum atomic E-state index is 11.5. The second kappa shape index (κ2) is 2.41. The highest BCUT2D eigenvalue weighted by Crippen LogP contribution is 2.07. The molecule has 0 fully saturated rings. The molecule has 5 nitrogen and oxygen atoms in total. The van der Waals surface area contributed by atoms with Crippen LogP contribution in [0.15, 0.2) is 35.4 Å². The van der Waals surface area contributed by atoms with E-state index in [0.717, 1.165) is 5.52 Å². The zero-order chi connectivity index (χ0) is 9.54. The molecule has 1 N–H and O–H groups in total. The first-order chi connectivity index (χ1) is 6.86. The van der Waals surface area contributed by atoms with Crippen molar-refractivity contribution >= 4 is 16.7 Å². The van der Waals surface area contributed by atoms with Gasteiger partial charge >= 0.3 is 0 Å². The van der Waals surface area contributed by atoms with Crippen molar-refractivity contribution in [2.75, 3.05) is 0 Å². The Hall–Kier alpha value is -2.17. The minimum atomic E-state index is -0.243.